The molecule has 1 heterocycles. The van der Waals surface area contributed by atoms with Crippen LogP contribution in [-0.2, 0) is 17.9 Å². The summed E-state index contributed by atoms with van der Waals surface area (Å²) in [6.07, 6.45) is 3.99. The van der Waals surface area contributed by atoms with Crippen LogP contribution in [0.2, 0.25) is 0 Å². The summed E-state index contributed by atoms with van der Waals surface area (Å²) in [6, 6.07) is 16.5. The van der Waals surface area contributed by atoms with Gasteiger partial charge in [-0.1, -0.05) is 62.7 Å². The van der Waals surface area contributed by atoms with Crippen molar-refractivity contribution in [1.82, 2.24) is 10.2 Å². The molecule has 2 aromatic carbocycles. The minimum absolute atomic E-state index is 0.0385. The van der Waals surface area contributed by atoms with E-state index in [9.17, 15) is 4.79 Å². The number of carbonyl (C=O) groups is 1. The standard InChI is InChI=1S/C24H32N2O2/c1-19(2)22-8-4-5-9-23(22)28-18-24(27)25-16-20-10-12-21(13-11-20)17-26-14-6-3-7-15-26/h4-5,8-13,19H,3,6-7,14-18H2,1-2H3,(H,25,27). The van der Waals surface area contributed by atoms with E-state index >= 15 is 0 Å². The van der Waals surface area contributed by atoms with E-state index in [-0.39, 0.29) is 12.5 Å². The Kier molecular flexibility index (Phi) is 7.49. The highest BCUT2D eigenvalue weighted by atomic mass is 16.5. The number of nitrogens with zero attached hydrogens (tertiary/aromatic N) is 1. The molecule has 1 aliphatic heterocycles. The fourth-order valence-corrected chi connectivity index (χ4v) is 3.62. The van der Waals surface area contributed by atoms with Crippen molar-refractivity contribution in [3.8, 4) is 5.75 Å². The van der Waals surface area contributed by atoms with Crippen LogP contribution in [0, 0.1) is 0 Å². The van der Waals surface area contributed by atoms with Gasteiger partial charge in [0.25, 0.3) is 5.91 Å². The molecule has 0 spiro atoms. The fourth-order valence-electron chi connectivity index (χ4n) is 3.62. The Morgan fingerprint density at radius 1 is 1.00 bits per heavy atom. The van der Waals surface area contributed by atoms with Crippen LogP contribution in [0.25, 0.3) is 0 Å². The largest absolute Gasteiger partial charge is 0.483 e. The first kappa shape index (κ1) is 20.4. The highest BCUT2D eigenvalue weighted by molar-refractivity contribution is 5.77. The number of piperidine rings is 1. The van der Waals surface area contributed by atoms with E-state index < -0.39 is 0 Å². The molecule has 0 bridgehead atoms. The van der Waals surface area contributed by atoms with Gasteiger partial charge in [-0.15, -0.1) is 0 Å². The number of nitrogens with one attached hydrogen (secondary N) is 1. The Labute approximate surface area is 168 Å². The van der Waals surface area contributed by atoms with E-state index in [0.717, 1.165) is 23.4 Å². The number of hydrogen-bond acceptors (Lipinski definition) is 3. The zero-order chi connectivity index (χ0) is 19.8. The molecule has 4 nitrogen and oxygen atoms in total. The minimum Gasteiger partial charge on any atom is -0.483 e. The predicted octanol–water partition coefficient (Wildman–Crippen LogP) is 4.49. The molecule has 3 rings (SSSR count). The fraction of sp³-hybridized carbons (Fsp3) is 0.458. The monoisotopic (exact) mass is 380 g/mol. The summed E-state index contributed by atoms with van der Waals surface area (Å²) in [5, 5.41) is 2.94. The lowest BCUT2D eigenvalue weighted by molar-refractivity contribution is -0.123. The Hall–Kier alpha value is -2.33. The lowest BCUT2D eigenvalue weighted by atomic mass is 10.0. The maximum atomic E-state index is 12.2. The van der Waals surface area contributed by atoms with Crippen LogP contribution >= 0.6 is 0 Å². The molecule has 0 aromatic heterocycles. The zero-order valence-electron chi connectivity index (χ0n) is 17.1. The summed E-state index contributed by atoms with van der Waals surface area (Å²) in [7, 11) is 0. The Morgan fingerprint density at radius 2 is 1.68 bits per heavy atom. The van der Waals surface area contributed by atoms with Crippen LogP contribution in [-0.4, -0.2) is 30.5 Å². The van der Waals surface area contributed by atoms with Crippen molar-refractivity contribution >= 4 is 5.91 Å². The van der Waals surface area contributed by atoms with E-state index in [2.05, 4.69) is 48.3 Å². The van der Waals surface area contributed by atoms with Crippen LogP contribution in [0.15, 0.2) is 48.5 Å². The van der Waals surface area contributed by atoms with E-state index in [1.165, 1.54) is 37.9 Å². The second-order valence-corrected chi connectivity index (χ2v) is 7.91. The van der Waals surface area contributed by atoms with Gasteiger partial charge in [0.2, 0.25) is 0 Å². The Morgan fingerprint density at radius 3 is 2.39 bits per heavy atom. The van der Waals surface area contributed by atoms with Gasteiger partial charge in [0.05, 0.1) is 0 Å². The molecular weight excluding hydrogens is 348 g/mol. The second kappa shape index (κ2) is 10.3. The number of rotatable bonds is 8. The van der Waals surface area contributed by atoms with Gasteiger partial charge >= 0.3 is 0 Å². The van der Waals surface area contributed by atoms with Crippen molar-refractivity contribution in [2.75, 3.05) is 19.7 Å². The number of hydrogen-bond donors (Lipinski definition) is 1. The van der Waals surface area contributed by atoms with E-state index in [0.29, 0.717) is 12.5 Å². The van der Waals surface area contributed by atoms with Crippen molar-refractivity contribution in [2.24, 2.45) is 0 Å². The van der Waals surface area contributed by atoms with Crippen molar-refractivity contribution < 1.29 is 9.53 Å². The first-order valence-electron chi connectivity index (χ1n) is 10.4. The summed E-state index contributed by atoms with van der Waals surface area (Å²) < 4.78 is 5.73. The zero-order valence-corrected chi connectivity index (χ0v) is 17.1. The maximum absolute atomic E-state index is 12.2. The van der Waals surface area contributed by atoms with Crippen LogP contribution in [0.4, 0.5) is 0 Å². The topological polar surface area (TPSA) is 41.6 Å². The third-order valence-electron chi connectivity index (χ3n) is 5.27. The summed E-state index contributed by atoms with van der Waals surface area (Å²) in [4.78, 5) is 14.7. The van der Waals surface area contributed by atoms with Gasteiger partial charge in [-0.25, -0.2) is 0 Å². The molecule has 0 aliphatic carbocycles. The summed E-state index contributed by atoms with van der Waals surface area (Å²) in [5.74, 6) is 1.05. The molecule has 1 aliphatic rings. The summed E-state index contributed by atoms with van der Waals surface area (Å²) >= 11 is 0. The average molecular weight is 381 g/mol. The van der Waals surface area contributed by atoms with Crippen LogP contribution in [0.3, 0.4) is 0 Å². The van der Waals surface area contributed by atoms with E-state index in [4.69, 9.17) is 4.74 Å². The number of para-hydroxylation sites is 1. The number of benzene rings is 2. The quantitative estimate of drug-likeness (QED) is 0.734. The molecule has 28 heavy (non-hydrogen) atoms. The van der Waals surface area contributed by atoms with Gasteiger partial charge in [0.15, 0.2) is 6.61 Å². The molecule has 1 N–H and O–H groups in total. The summed E-state index contributed by atoms with van der Waals surface area (Å²) in [6.45, 7) is 8.24. The molecule has 0 unspecified atom stereocenters. The maximum Gasteiger partial charge on any atom is 0.258 e. The van der Waals surface area contributed by atoms with Gasteiger partial charge in [-0.2, -0.15) is 0 Å². The van der Waals surface area contributed by atoms with Gasteiger partial charge in [-0.3, -0.25) is 9.69 Å². The number of likely N-dealkylation sites (tertiary alicyclic amines) is 1. The molecule has 1 amide bonds. The average Bonchev–Trinajstić information content (AvgIpc) is 2.72. The van der Waals surface area contributed by atoms with Crippen molar-refractivity contribution in [1.29, 1.82) is 0 Å². The number of ether oxygens (including phenoxy) is 1. The Bertz CT molecular complexity index is 749. The molecule has 0 atom stereocenters. The number of amides is 1. The van der Waals surface area contributed by atoms with Crippen molar-refractivity contribution in [3.63, 3.8) is 0 Å². The number of carbonyl (C=O) groups excluding carboxylic acids is 1. The highest BCUT2D eigenvalue weighted by Crippen LogP contribution is 2.25. The lowest BCUT2D eigenvalue weighted by Crippen LogP contribution is -2.29. The lowest BCUT2D eigenvalue weighted by Gasteiger charge is -2.26. The first-order chi connectivity index (χ1) is 13.6. The normalized spacial score (nSPS) is 14.8. The summed E-state index contributed by atoms with van der Waals surface area (Å²) in [5.41, 5.74) is 3.57. The van der Waals surface area contributed by atoms with Gasteiger partial charge in [0, 0.05) is 13.1 Å². The van der Waals surface area contributed by atoms with Gasteiger partial charge in [-0.05, 0) is 54.6 Å². The van der Waals surface area contributed by atoms with Gasteiger partial charge < -0.3 is 10.1 Å². The van der Waals surface area contributed by atoms with Crippen molar-refractivity contribution in [3.05, 3.63) is 65.2 Å². The molecular formula is C24H32N2O2. The first-order valence-corrected chi connectivity index (χ1v) is 10.4. The molecule has 150 valence electrons. The van der Waals surface area contributed by atoms with Crippen LogP contribution in [0.1, 0.15) is 55.7 Å². The second-order valence-electron chi connectivity index (χ2n) is 7.91. The van der Waals surface area contributed by atoms with E-state index in [1.807, 2.05) is 24.3 Å². The van der Waals surface area contributed by atoms with Crippen LogP contribution in [0.5, 0.6) is 5.75 Å². The van der Waals surface area contributed by atoms with E-state index in [1.54, 1.807) is 0 Å². The van der Waals surface area contributed by atoms with Crippen LogP contribution < -0.4 is 10.1 Å². The molecule has 0 radical (unpaired) electrons. The Balaban J connectivity index is 1.43. The van der Waals surface area contributed by atoms with Gasteiger partial charge in [0.1, 0.15) is 5.75 Å². The highest BCUT2D eigenvalue weighted by Gasteiger charge is 2.11. The third kappa shape index (κ3) is 6.10. The molecule has 0 saturated carbocycles. The minimum atomic E-state index is -0.101. The third-order valence-corrected chi connectivity index (χ3v) is 5.27. The SMILES string of the molecule is CC(C)c1ccccc1OCC(=O)NCc1ccc(CN2CCCCC2)cc1. The molecule has 4 heteroatoms. The predicted molar refractivity (Wildman–Crippen MR) is 113 cm³/mol. The molecule has 2 aromatic rings. The molecule has 1 fully saturated rings. The molecule has 1 saturated heterocycles. The smallest absolute Gasteiger partial charge is 0.258 e. The van der Waals surface area contributed by atoms with Crippen molar-refractivity contribution in [2.45, 2.75) is 52.1 Å².